The number of hydrogen-bond donors (Lipinski definition) is 0. The van der Waals surface area contributed by atoms with Crippen LogP contribution in [0.15, 0.2) is 90.9 Å². The monoisotopic (exact) mass is 440 g/mol. The summed E-state index contributed by atoms with van der Waals surface area (Å²) in [5.41, 5.74) is 0.687. The van der Waals surface area contributed by atoms with E-state index in [9.17, 15) is 0 Å². The van der Waals surface area contributed by atoms with Crippen LogP contribution in [0.3, 0.4) is 0 Å². The van der Waals surface area contributed by atoms with E-state index in [1.165, 1.54) is 0 Å². The van der Waals surface area contributed by atoms with Gasteiger partial charge in [-0.25, -0.2) is 0 Å². The molecule has 0 radical (unpaired) electrons. The topological polar surface area (TPSA) is 46.2 Å². The molecule has 0 aromatic heterocycles. The van der Waals surface area contributed by atoms with Gasteiger partial charge in [0.15, 0.2) is 6.29 Å². The highest BCUT2D eigenvalue weighted by Crippen LogP contribution is 2.41. The quantitative estimate of drug-likeness (QED) is 0.524. The third-order valence-electron chi connectivity index (χ3n) is 5.16. The maximum atomic E-state index is 6.45. The van der Waals surface area contributed by atoms with E-state index in [0.29, 0.717) is 19.8 Å². The van der Waals surface area contributed by atoms with Crippen molar-refractivity contribution < 1.29 is 23.7 Å². The van der Waals surface area contributed by atoms with Crippen molar-refractivity contribution >= 4 is 11.8 Å². The number of ether oxygens (including phenoxy) is 5. The molecule has 0 amide bonds. The van der Waals surface area contributed by atoms with Crippen LogP contribution < -0.4 is 0 Å². The van der Waals surface area contributed by atoms with Crippen LogP contribution in [0.25, 0.3) is 0 Å². The fraction of sp³-hybridized carbons (Fsp3) is 0.360. The van der Waals surface area contributed by atoms with E-state index in [4.69, 9.17) is 23.7 Å². The summed E-state index contributed by atoms with van der Waals surface area (Å²) in [5, 5.41) is 0. The molecule has 6 atom stereocenters. The van der Waals surface area contributed by atoms with Crippen molar-refractivity contribution in [3.05, 3.63) is 91.5 Å². The van der Waals surface area contributed by atoms with Crippen molar-refractivity contribution in [2.45, 2.75) is 41.0 Å². The van der Waals surface area contributed by atoms with E-state index < -0.39 is 6.29 Å². The third kappa shape index (κ3) is 5.47. The van der Waals surface area contributed by atoms with Crippen molar-refractivity contribution in [2.75, 3.05) is 19.8 Å². The Balaban J connectivity index is 1.58. The largest absolute Gasteiger partial charge is 0.368 e. The van der Waals surface area contributed by atoms with Crippen molar-refractivity contribution in [2.24, 2.45) is 0 Å². The maximum absolute atomic E-state index is 6.45. The summed E-state index contributed by atoms with van der Waals surface area (Å²) < 4.78 is 31.2. The summed E-state index contributed by atoms with van der Waals surface area (Å²) >= 11 is 1.61. The standard InChI is InChI=1S/C25H28O5S/c1-3-15-26-22-21-20(17-28-24(30-21)18-11-7-5-8-12-18)29-25(23(22)27-16-4-2)31-19-13-9-6-10-14-19/h3-14,20-25H,1-2,15-17H2/t20-,21-,22+,23-,24?,25+/m1/s1. The van der Waals surface area contributed by atoms with Crippen LogP contribution in [-0.4, -0.2) is 49.7 Å². The normalized spacial score (nSPS) is 30.3. The molecule has 6 heteroatoms. The average molecular weight is 441 g/mol. The van der Waals surface area contributed by atoms with E-state index in [-0.39, 0.29) is 29.9 Å². The van der Waals surface area contributed by atoms with E-state index >= 15 is 0 Å². The Hall–Kier alpha value is -1.93. The van der Waals surface area contributed by atoms with E-state index in [1.54, 1.807) is 23.9 Å². The molecule has 164 valence electrons. The van der Waals surface area contributed by atoms with Crippen LogP contribution in [0.4, 0.5) is 0 Å². The highest BCUT2D eigenvalue weighted by atomic mass is 32.2. The minimum atomic E-state index is -0.473. The highest BCUT2D eigenvalue weighted by molar-refractivity contribution is 7.99. The summed E-state index contributed by atoms with van der Waals surface area (Å²) in [6.07, 6.45) is 1.72. The number of fused-ring (bicyclic) bond motifs is 1. The number of hydrogen-bond acceptors (Lipinski definition) is 6. The summed E-state index contributed by atoms with van der Waals surface area (Å²) in [6.45, 7) is 8.80. The van der Waals surface area contributed by atoms with E-state index in [0.717, 1.165) is 10.5 Å². The summed E-state index contributed by atoms with van der Waals surface area (Å²) in [5.74, 6) is 0. The fourth-order valence-electron chi connectivity index (χ4n) is 3.78. The Morgan fingerprint density at radius 1 is 0.871 bits per heavy atom. The molecule has 0 bridgehead atoms. The van der Waals surface area contributed by atoms with Crippen molar-refractivity contribution in [3.63, 3.8) is 0 Å². The lowest BCUT2D eigenvalue weighted by Gasteiger charge is -2.49. The Morgan fingerprint density at radius 2 is 1.52 bits per heavy atom. The highest BCUT2D eigenvalue weighted by Gasteiger charge is 2.51. The van der Waals surface area contributed by atoms with Gasteiger partial charge in [-0.3, -0.25) is 0 Å². The average Bonchev–Trinajstić information content (AvgIpc) is 2.82. The molecule has 5 nitrogen and oxygen atoms in total. The molecule has 2 aliphatic heterocycles. The predicted molar refractivity (Wildman–Crippen MR) is 121 cm³/mol. The summed E-state index contributed by atoms with van der Waals surface area (Å²) in [6, 6.07) is 20.0. The number of benzene rings is 2. The van der Waals surface area contributed by atoms with Crippen LogP contribution >= 0.6 is 11.8 Å². The van der Waals surface area contributed by atoms with E-state index in [1.807, 2.05) is 48.5 Å². The molecule has 2 fully saturated rings. The SMILES string of the molecule is C=CCO[C@@H]1[C@@H](OCC=C)[C@H](Sc2ccccc2)O[C@@H]2COC(c3ccccc3)O[C@@H]12. The van der Waals surface area contributed by atoms with Crippen molar-refractivity contribution in [1.29, 1.82) is 0 Å². The van der Waals surface area contributed by atoms with Gasteiger partial charge < -0.3 is 23.7 Å². The van der Waals surface area contributed by atoms with Crippen LogP contribution in [0.1, 0.15) is 11.9 Å². The molecule has 2 aliphatic rings. The number of rotatable bonds is 9. The minimum absolute atomic E-state index is 0.264. The minimum Gasteiger partial charge on any atom is -0.368 e. The molecule has 2 aromatic rings. The molecular weight excluding hydrogens is 412 g/mol. The van der Waals surface area contributed by atoms with Crippen LogP contribution in [0, 0.1) is 0 Å². The molecule has 31 heavy (non-hydrogen) atoms. The zero-order valence-electron chi connectivity index (χ0n) is 17.4. The lowest BCUT2D eigenvalue weighted by molar-refractivity contribution is -0.325. The molecule has 0 N–H and O–H groups in total. The predicted octanol–water partition coefficient (Wildman–Crippen LogP) is 4.76. The summed E-state index contributed by atoms with van der Waals surface area (Å²) in [4.78, 5) is 1.10. The molecule has 2 aromatic carbocycles. The molecule has 4 rings (SSSR count). The van der Waals surface area contributed by atoms with Gasteiger partial charge in [0.2, 0.25) is 0 Å². The first kappa shape index (κ1) is 22.3. The van der Waals surface area contributed by atoms with E-state index in [2.05, 4.69) is 25.3 Å². The van der Waals surface area contributed by atoms with Crippen LogP contribution in [0.5, 0.6) is 0 Å². The van der Waals surface area contributed by atoms with Gasteiger partial charge in [0.05, 0.1) is 19.8 Å². The van der Waals surface area contributed by atoms with Crippen molar-refractivity contribution in [3.8, 4) is 0 Å². The smallest absolute Gasteiger partial charge is 0.184 e. The zero-order valence-corrected chi connectivity index (χ0v) is 18.2. The zero-order chi connectivity index (χ0) is 21.5. The molecule has 0 saturated carbocycles. The Bertz CT molecular complexity index is 830. The summed E-state index contributed by atoms with van der Waals surface area (Å²) in [7, 11) is 0. The van der Waals surface area contributed by atoms with Gasteiger partial charge in [0, 0.05) is 10.5 Å². The first-order valence-corrected chi connectivity index (χ1v) is 11.3. The van der Waals surface area contributed by atoms with Crippen LogP contribution in [-0.2, 0) is 23.7 Å². The second kappa shape index (κ2) is 11.1. The lowest BCUT2D eigenvalue weighted by Crippen LogP contribution is -2.62. The molecule has 0 spiro atoms. The first-order chi connectivity index (χ1) is 15.3. The third-order valence-corrected chi connectivity index (χ3v) is 6.32. The van der Waals surface area contributed by atoms with Gasteiger partial charge in [-0.15, -0.1) is 13.2 Å². The molecule has 2 saturated heterocycles. The Kier molecular flexibility index (Phi) is 7.97. The Labute approximate surface area is 188 Å². The van der Waals surface area contributed by atoms with Crippen molar-refractivity contribution in [1.82, 2.24) is 0 Å². The Morgan fingerprint density at radius 3 is 2.19 bits per heavy atom. The van der Waals surface area contributed by atoms with Gasteiger partial charge in [-0.1, -0.05) is 72.4 Å². The molecule has 2 heterocycles. The van der Waals surface area contributed by atoms with Gasteiger partial charge >= 0.3 is 0 Å². The van der Waals surface area contributed by atoms with Gasteiger partial charge in [0.25, 0.3) is 0 Å². The first-order valence-electron chi connectivity index (χ1n) is 10.4. The molecular formula is C25H28O5S. The fourth-order valence-corrected chi connectivity index (χ4v) is 4.93. The van der Waals surface area contributed by atoms with Gasteiger partial charge in [-0.2, -0.15) is 0 Å². The van der Waals surface area contributed by atoms with Gasteiger partial charge in [0.1, 0.15) is 29.9 Å². The number of thioether (sulfide) groups is 1. The van der Waals surface area contributed by atoms with Crippen LogP contribution in [0.2, 0.25) is 0 Å². The molecule has 0 aliphatic carbocycles. The van der Waals surface area contributed by atoms with Gasteiger partial charge in [-0.05, 0) is 12.1 Å². The lowest BCUT2D eigenvalue weighted by atomic mass is 9.98. The second-order valence-electron chi connectivity index (χ2n) is 7.32. The second-order valence-corrected chi connectivity index (χ2v) is 8.50. The maximum Gasteiger partial charge on any atom is 0.184 e. The molecule has 1 unspecified atom stereocenters.